The van der Waals surface area contributed by atoms with Crippen LogP contribution in [-0.2, 0) is 11.2 Å². The molecular weight excluding hydrogens is 371 g/mol. The summed E-state index contributed by atoms with van der Waals surface area (Å²) in [6, 6.07) is 14.6. The molecule has 0 spiro atoms. The molecule has 1 N–H and O–H groups in total. The Morgan fingerprint density at radius 3 is 2.88 bits per heavy atom. The number of anilines is 1. The van der Waals surface area contributed by atoms with Crippen molar-refractivity contribution in [2.24, 2.45) is 0 Å². The number of nitrogens with zero attached hydrogens (tertiary/aromatic N) is 1. The van der Waals surface area contributed by atoms with Crippen molar-refractivity contribution in [3.63, 3.8) is 0 Å². The SMILES string of the molecule is O=C(CN1CCCC1Cc1cccc(F)c1)Nc1ccccc1Br. The lowest BCUT2D eigenvalue weighted by molar-refractivity contribution is -0.117. The van der Waals surface area contributed by atoms with E-state index in [2.05, 4.69) is 26.1 Å². The van der Waals surface area contributed by atoms with Crippen molar-refractivity contribution in [1.82, 2.24) is 4.90 Å². The molecule has 1 saturated heterocycles. The topological polar surface area (TPSA) is 32.3 Å². The van der Waals surface area contributed by atoms with E-state index in [1.807, 2.05) is 30.3 Å². The number of hydrogen-bond donors (Lipinski definition) is 1. The van der Waals surface area contributed by atoms with E-state index in [0.717, 1.165) is 41.5 Å². The molecule has 1 aliphatic heterocycles. The summed E-state index contributed by atoms with van der Waals surface area (Å²) in [5.74, 6) is -0.225. The third-order valence-electron chi connectivity index (χ3n) is 4.35. The lowest BCUT2D eigenvalue weighted by Crippen LogP contribution is -2.37. The Morgan fingerprint density at radius 1 is 1.25 bits per heavy atom. The van der Waals surface area contributed by atoms with Crippen molar-refractivity contribution in [3.8, 4) is 0 Å². The molecule has 5 heteroatoms. The van der Waals surface area contributed by atoms with Crippen LogP contribution in [0.1, 0.15) is 18.4 Å². The van der Waals surface area contributed by atoms with Crippen LogP contribution in [0.2, 0.25) is 0 Å². The third-order valence-corrected chi connectivity index (χ3v) is 5.05. The Hall–Kier alpha value is -1.72. The molecule has 0 aliphatic carbocycles. The maximum absolute atomic E-state index is 13.3. The van der Waals surface area contributed by atoms with Gasteiger partial charge in [-0.1, -0.05) is 24.3 Å². The van der Waals surface area contributed by atoms with E-state index in [1.54, 1.807) is 12.1 Å². The van der Waals surface area contributed by atoms with Crippen molar-refractivity contribution in [3.05, 3.63) is 64.4 Å². The molecule has 1 heterocycles. The van der Waals surface area contributed by atoms with Crippen molar-refractivity contribution < 1.29 is 9.18 Å². The maximum Gasteiger partial charge on any atom is 0.238 e. The molecule has 1 fully saturated rings. The standard InChI is InChI=1S/C19H20BrFN2O/c20-17-8-1-2-9-18(17)22-19(24)13-23-10-4-7-16(23)12-14-5-3-6-15(21)11-14/h1-3,5-6,8-9,11,16H,4,7,10,12-13H2,(H,22,24). The number of carbonyl (C=O) groups excluding carboxylic acids is 1. The van der Waals surface area contributed by atoms with Gasteiger partial charge in [0.2, 0.25) is 5.91 Å². The second-order valence-electron chi connectivity index (χ2n) is 6.13. The monoisotopic (exact) mass is 390 g/mol. The predicted molar refractivity (Wildman–Crippen MR) is 97.5 cm³/mol. The Bertz CT molecular complexity index is 722. The molecule has 0 bridgehead atoms. The van der Waals surface area contributed by atoms with Gasteiger partial charge in [-0.3, -0.25) is 9.69 Å². The van der Waals surface area contributed by atoms with Crippen molar-refractivity contribution in [2.75, 3.05) is 18.4 Å². The van der Waals surface area contributed by atoms with E-state index in [0.29, 0.717) is 6.54 Å². The summed E-state index contributed by atoms with van der Waals surface area (Å²) in [6.45, 7) is 1.27. The van der Waals surface area contributed by atoms with Crippen LogP contribution in [0, 0.1) is 5.82 Å². The first kappa shape index (κ1) is 17.1. The van der Waals surface area contributed by atoms with Crippen molar-refractivity contribution >= 4 is 27.5 Å². The van der Waals surface area contributed by atoms with E-state index in [-0.39, 0.29) is 17.8 Å². The molecule has 1 atom stereocenters. The summed E-state index contributed by atoms with van der Waals surface area (Å²) in [4.78, 5) is 14.5. The normalized spacial score (nSPS) is 17.8. The minimum absolute atomic E-state index is 0.0203. The van der Waals surface area contributed by atoms with Gasteiger partial charge in [0.1, 0.15) is 5.82 Å². The van der Waals surface area contributed by atoms with Crippen LogP contribution in [-0.4, -0.2) is 29.9 Å². The summed E-state index contributed by atoms with van der Waals surface area (Å²) in [5, 5.41) is 2.94. The quantitative estimate of drug-likeness (QED) is 0.827. The van der Waals surface area contributed by atoms with E-state index in [4.69, 9.17) is 0 Å². The van der Waals surface area contributed by atoms with Gasteiger partial charge in [0.05, 0.1) is 12.2 Å². The fraction of sp³-hybridized carbons (Fsp3) is 0.316. The molecule has 1 amide bonds. The van der Waals surface area contributed by atoms with Gasteiger partial charge in [-0.15, -0.1) is 0 Å². The molecule has 0 radical (unpaired) electrons. The van der Waals surface area contributed by atoms with Gasteiger partial charge in [-0.2, -0.15) is 0 Å². The Balaban J connectivity index is 1.59. The van der Waals surface area contributed by atoms with Gasteiger partial charge in [0.15, 0.2) is 0 Å². The van der Waals surface area contributed by atoms with Crippen LogP contribution in [0.4, 0.5) is 10.1 Å². The van der Waals surface area contributed by atoms with E-state index < -0.39 is 0 Å². The molecule has 1 unspecified atom stereocenters. The lowest BCUT2D eigenvalue weighted by atomic mass is 10.0. The van der Waals surface area contributed by atoms with Crippen LogP contribution < -0.4 is 5.32 Å². The number of likely N-dealkylation sites (tertiary alicyclic amines) is 1. The molecule has 3 nitrogen and oxygen atoms in total. The number of carbonyl (C=O) groups is 1. The number of nitrogens with one attached hydrogen (secondary N) is 1. The van der Waals surface area contributed by atoms with Gasteiger partial charge in [-0.25, -0.2) is 4.39 Å². The van der Waals surface area contributed by atoms with Gasteiger partial charge < -0.3 is 5.32 Å². The van der Waals surface area contributed by atoms with Crippen molar-refractivity contribution in [1.29, 1.82) is 0 Å². The highest BCUT2D eigenvalue weighted by molar-refractivity contribution is 9.10. The van der Waals surface area contributed by atoms with E-state index >= 15 is 0 Å². The first-order chi connectivity index (χ1) is 11.6. The number of rotatable bonds is 5. The molecular formula is C19H20BrFN2O. The molecule has 24 heavy (non-hydrogen) atoms. The summed E-state index contributed by atoms with van der Waals surface area (Å²) in [7, 11) is 0. The molecule has 3 rings (SSSR count). The largest absolute Gasteiger partial charge is 0.324 e. The zero-order valence-electron chi connectivity index (χ0n) is 13.3. The summed E-state index contributed by atoms with van der Waals surface area (Å²) in [6.07, 6.45) is 2.89. The summed E-state index contributed by atoms with van der Waals surface area (Å²) in [5.41, 5.74) is 1.77. The molecule has 1 aliphatic rings. The maximum atomic E-state index is 13.3. The molecule has 0 aromatic heterocycles. The summed E-state index contributed by atoms with van der Waals surface area (Å²) >= 11 is 3.44. The fourth-order valence-electron chi connectivity index (χ4n) is 3.21. The smallest absolute Gasteiger partial charge is 0.238 e. The second-order valence-corrected chi connectivity index (χ2v) is 6.98. The van der Waals surface area contributed by atoms with E-state index in [1.165, 1.54) is 6.07 Å². The zero-order chi connectivity index (χ0) is 16.9. The summed E-state index contributed by atoms with van der Waals surface area (Å²) < 4.78 is 14.2. The Labute approximate surface area is 150 Å². The zero-order valence-corrected chi connectivity index (χ0v) is 14.9. The first-order valence-corrected chi connectivity index (χ1v) is 8.94. The van der Waals surface area contributed by atoms with E-state index in [9.17, 15) is 9.18 Å². The fourth-order valence-corrected chi connectivity index (χ4v) is 3.59. The van der Waals surface area contributed by atoms with Gasteiger partial charge in [0, 0.05) is 10.5 Å². The molecule has 2 aromatic rings. The van der Waals surface area contributed by atoms with Gasteiger partial charge >= 0.3 is 0 Å². The highest BCUT2D eigenvalue weighted by Crippen LogP contribution is 2.23. The number of amides is 1. The third kappa shape index (κ3) is 4.42. The highest BCUT2D eigenvalue weighted by atomic mass is 79.9. The Morgan fingerprint density at radius 2 is 2.08 bits per heavy atom. The number of benzene rings is 2. The molecule has 2 aromatic carbocycles. The highest BCUT2D eigenvalue weighted by Gasteiger charge is 2.26. The molecule has 126 valence electrons. The van der Waals surface area contributed by atoms with Crippen LogP contribution >= 0.6 is 15.9 Å². The first-order valence-electron chi connectivity index (χ1n) is 8.15. The molecule has 0 saturated carbocycles. The minimum atomic E-state index is -0.205. The average Bonchev–Trinajstić information content (AvgIpc) is 2.96. The number of hydrogen-bond acceptors (Lipinski definition) is 2. The average molecular weight is 391 g/mol. The van der Waals surface area contributed by atoms with Crippen molar-refractivity contribution in [2.45, 2.75) is 25.3 Å². The van der Waals surface area contributed by atoms with Gasteiger partial charge in [0.25, 0.3) is 0 Å². The van der Waals surface area contributed by atoms with Crippen LogP contribution in [0.5, 0.6) is 0 Å². The minimum Gasteiger partial charge on any atom is -0.324 e. The number of halogens is 2. The van der Waals surface area contributed by atoms with Crippen LogP contribution in [0.3, 0.4) is 0 Å². The predicted octanol–water partition coefficient (Wildman–Crippen LogP) is 4.23. The van der Waals surface area contributed by atoms with Gasteiger partial charge in [-0.05, 0) is 71.6 Å². The lowest BCUT2D eigenvalue weighted by Gasteiger charge is -2.24. The Kier molecular flexibility index (Phi) is 5.63. The van der Waals surface area contributed by atoms with Crippen LogP contribution in [0.25, 0.3) is 0 Å². The number of para-hydroxylation sites is 1. The van der Waals surface area contributed by atoms with Crippen LogP contribution in [0.15, 0.2) is 53.0 Å². The second kappa shape index (κ2) is 7.90.